The molecule has 0 unspecified atom stereocenters. The van der Waals surface area contributed by atoms with Crippen LogP contribution in [0.2, 0.25) is 0 Å². The van der Waals surface area contributed by atoms with Gasteiger partial charge in [-0.15, -0.1) is 0 Å². The van der Waals surface area contributed by atoms with E-state index in [1.165, 1.54) is 0 Å². The van der Waals surface area contributed by atoms with E-state index in [-0.39, 0.29) is 0 Å². The van der Waals surface area contributed by atoms with Gasteiger partial charge in [0, 0.05) is 43.0 Å². The van der Waals surface area contributed by atoms with Gasteiger partial charge in [-0.3, -0.25) is 14.2 Å². The van der Waals surface area contributed by atoms with Gasteiger partial charge in [0.2, 0.25) is 0 Å². The zero-order valence-corrected chi connectivity index (χ0v) is 11.6. The first kappa shape index (κ1) is 11.8. The minimum atomic E-state index is 0.815. The van der Waals surface area contributed by atoms with E-state index in [1.54, 1.807) is 23.3 Å². The smallest absolute Gasteiger partial charge is 0.149 e. The lowest BCUT2D eigenvalue weighted by molar-refractivity contribution is 0.768. The monoisotopic (exact) mass is 279 g/mol. The second kappa shape index (κ2) is 4.27. The van der Waals surface area contributed by atoms with Gasteiger partial charge in [0.05, 0.1) is 23.7 Å². The van der Waals surface area contributed by atoms with Gasteiger partial charge in [-0.2, -0.15) is 10.2 Å². The van der Waals surface area contributed by atoms with Crippen LogP contribution in [-0.4, -0.2) is 34.3 Å². The normalized spacial score (nSPS) is 11.3. The number of hydrogen-bond donors (Lipinski definition) is 1. The van der Waals surface area contributed by atoms with Gasteiger partial charge in [0.15, 0.2) is 0 Å². The Hall–Kier alpha value is -2.96. The summed E-state index contributed by atoms with van der Waals surface area (Å²) in [4.78, 5) is 9.15. The summed E-state index contributed by atoms with van der Waals surface area (Å²) in [6, 6.07) is 1.95. The molecule has 0 fully saturated rings. The van der Waals surface area contributed by atoms with Crippen LogP contribution in [0.3, 0.4) is 0 Å². The second-order valence-electron chi connectivity index (χ2n) is 4.93. The Labute approximate surface area is 120 Å². The molecule has 4 aromatic rings. The van der Waals surface area contributed by atoms with Crippen molar-refractivity contribution >= 4 is 5.65 Å². The van der Waals surface area contributed by atoms with Gasteiger partial charge in [0.25, 0.3) is 0 Å². The summed E-state index contributed by atoms with van der Waals surface area (Å²) >= 11 is 0. The molecule has 0 atom stereocenters. The summed E-state index contributed by atoms with van der Waals surface area (Å²) in [5, 5.41) is 11.2. The number of rotatable bonds is 2. The Morgan fingerprint density at radius 2 is 2.14 bits per heavy atom. The van der Waals surface area contributed by atoms with Crippen molar-refractivity contribution in [3.05, 3.63) is 42.7 Å². The van der Waals surface area contributed by atoms with Gasteiger partial charge >= 0.3 is 0 Å². The average molecular weight is 279 g/mol. The maximum absolute atomic E-state index is 4.77. The van der Waals surface area contributed by atoms with Crippen molar-refractivity contribution in [1.29, 1.82) is 0 Å². The largest absolute Gasteiger partial charge is 0.284 e. The zero-order chi connectivity index (χ0) is 14.4. The van der Waals surface area contributed by atoms with Crippen LogP contribution < -0.4 is 0 Å². The fourth-order valence-electron chi connectivity index (χ4n) is 2.39. The number of H-pyrrole nitrogens is 1. The highest BCUT2D eigenvalue weighted by Gasteiger charge is 2.13. The van der Waals surface area contributed by atoms with Gasteiger partial charge in [-0.1, -0.05) is 0 Å². The summed E-state index contributed by atoms with van der Waals surface area (Å²) in [5.41, 5.74) is 4.59. The number of hydrogen-bond acceptors (Lipinski definition) is 4. The fourth-order valence-corrected chi connectivity index (χ4v) is 2.39. The summed E-state index contributed by atoms with van der Waals surface area (Å²) in [5.74, 6) is 0.815. The molecule has 4 rings (SSSR count). The molecule has 104 valence electrons. The molecular weight excluding hydrogens is 266 g/mol. The van der Waals surface area contributed by atoms with Crippen molar-refractivity contribution in [2.24, 2.45) is 7.05 Å². The molecular formula is C14H13N7. The van der Waals surface area contributed by atoms with Crippen LogP contribution >= 0.6 is 0 Å². The maximum atomic E-state index is 4.77. The first-order chi connectivity index (χ1) is 10.2. The van der Waals surface area contributed by atoms with E-state index in [1.807, 2.05) is 36.8 Å². The molecule has 0 saturated carbocycles. The maximum Gasteiger partial charge on any atom is 0.149 e. The fraction of sp³-hybridized carbons (Fsp3) is 0.143. The highest BCUT2D eigenvalue weighted by atomic mass is 15.2. The number of nitrogens with zero attached hydrogens (tertiary/aromatic N) is 6. The van der Waals surface area contributed by atoms with E-state index in [9.17, 15) is 0 Å². The molecule has 0 aliphatic rings. The van der Waals surface area contributed by atoms with E-state index >= 15 is 0 Å². The third kappa shape index (κ3) is 1.82. The minimum Gasteiger partial charge on any atom is -0.284 e. The van der Waals surface area contributed by atoms with Crippen LogP contribution in [0.25, 0.3) is 28.3 Å². The van der Waals surface area contributed by atoms with Gasteiger partial charge in [0.1, 0.15) is 11.5 Å². The third-order valence-electron chi connectivity index (χ3n) is 3.46. The lowest BCUT2D eigenvalue weighted by atomic mass is 10.2. The molecule has 0 spiro atoms. The SMILES string of the molecule is Cc1[nH]ncc1-c1nc(-c2cnn(C)c2)cc2nccn12. The molecule has 1 N–H and O–H groups in total. The Morgan fingerprint density at radius 1 is 1.24 bits per heavy atom. The number of nitrogens with one attached hydrogen (secondary N) is 1. The van der Waals surface area contributed by atoms with Gasteiger partial charge < -0.3 is 0 Å². The van der Waals surface area contributed by atoms with Crippen molar-refractivity contribution in [2.45, 2.75) is 6.92 Å². The highest BCUT2D eigenvalue weighted by molar-refractivity contribution is 5.69. The molecule has 0 aliphatic carbocycles. The van der Waals surface area contributed by atoms with Crippen molar-refractivity contribution in [1.82, 2.24) is 34.3 Å². The first-order valence-electron chi connectivity index (χ1n) is 6.56. The predicted octanol–water partition coefficient (Wildman–Crippen LogP) is 1.83. The molecule has 21 heavy (non-hydrogen) atoms. The summed E-state index contributed by atoms with van der Waals surface area (Å²) in [6.07, 6.45) is 9.19. The van der Waals surface area contributed by atoms with Crippen molar-refractivity contribution < 1.29 is 0 Å². The summed E-state index contributed by atoms with van der Waals surface area (Å²) in [7, 11) is 1.89. The van der Waals surface area contributed by atoms with Crippen LogP contribution in [0.4, 0.5) is 0 Å². The quantitative estimate of drug-likeness (QED) is 0.607. The molecule has 0 aliphatic heterocycles. The molecule has 7 nitrogen and oxygen atoms in total. The molecule has 7 heteroatoms. The average Bonchev–Trinajstić information content (AvgIpc) is 3.17. The van der Waals surface area contributed by atoms with Crippen LogP contribution in [0.5, 0.6) is 0 Å². The van der Waals surface area contributed by atoms with Crippen LogP contribution in [0.15, 0.2) is 37.1 Å². The summed E-state index contributed by atoms with van der Waals surface area (Å²) in [6.45, 7) is 1.98. The molecule has 4 heterocycles. The Morgan fingerprint density at radius 3 is 2.86 bits per heavy atom. The molecule has 4 aromatic heterocycles. The zero-order valence-electron chi connectivity index (χ0n) is 11.6. The number of aryl methyl sites for hydroxylation is 2. The second-order valence-corrected chi connectivity index (χ2v) is 4.93. The van der Waals surface area contributed by atoms with Crippen molar-refractivity contribution in [2.75, 3.05) is 0 Å². The predicted molar refractivity (Wildman–Crippen MR) is 77.5 cm³/mol. The topological polar surface area (TPSA) is 76.7 Å². The molecule has 0 saturated heterocycles. The number of aromatic amines is 1. The van der Waals surface area contributed by atoms with Gasteiger partial charge in [-0.25, -0.2) is 9.97 Å². The Kier molecular flexibility index (Phi) is 2.41. The lowest BCUT2D eigenvalue weighted by Gasteiger charge is -2.06. The first-order valence-corrected chi connectivity index (χ1v) is 6.56. The standard InChI is InChI=1S/C14H13N7/c1-9-11(7-16-19-9)14-18-12(10-6-17-20(2)8-10)5-13-15-3-4-21(13)14/h3-8H,1-2H3,(H,16,19). The van der Waals surface area contributed by atoms with Gasteiger partial charge in [-0.05, 0) is 6.92 Å². The van der Waals surface area contributed by atoms with Crippen LogP contribution in [0, 0.1) is 6.92 Å². The van der Waals surface area contributed by atoms with E-state index in [0.29, 0.717) is 0 Å². The summed E-state index contributed by atoms with van der Waals surface area (Å²) < 4.78 is 3.72. The van der Waals surface area contributed by atoms with E-state index < -0.39 is 0 Å². The number of imidazole rings is 1. The lowest BCUT2D eigenvalue weighted by Crippen LogP contribution is -1.98. The molecule has 0 bridgehead atoms. The van der Waals surface area contributed by atoms with Crippen LogP contribution in [0.1, 0.15) is 5.69 Å². The Bertz CT molecular complexity index is 928. The molecule has 0 aromatic carbocycles. The van der Waals surface area contributed by atoms with E-state index in [0.717, 1.165) is 34.0 Å². The van der Waals surface area contributed by atoms with Crippen molar-refractivity contribution in [3.8, 4) is 22.6 Å². The Balaban J connectivity index is 2.01. The number of aromatic nitrogens is 7. The molecule has 0 radical (unpaired) electrons. The van der Waals surface area contributed by atoms with Crippen LogP contribution in [-0.2, 0) is 7.05 Å². The van der Waals surface area contributed by atoms with E-state index in [2.05, 4.69) is 20.3 Å². The van der Waals surface area contributed by atoms with Crippen molar-refractivity contribution in [3.63, 3.8) is 0 Å². The minimum absolute atomic E-state index is 0.815. The highest BCUT2D eigenvalue weighted by Crippen LogP contribution is 2.25. The molecule has 0 amide bonds. The number of fused-ring (bicyclic) bond motifs is 1. The third-order valence-corrected chi connectivity index (χ3v) is 3.46. The van der Waals surface area contributed by atoms with E-state index in [4.69, 9.17) is 4.98 Å².